The van der Waals surface area contributed by atoms with Crippen LogP contribution in [0.4, 0.5) is 0 Å². The lowest BCUT2D eigenvalue weighted by Crippen LogP contribution is -2.46. The molecule has 0 unspecified atom stereocenters. The zero-order valence-electron chi connectivity index (χ0n) is 14.4. The molecule has 0 aromatic rings. The highest BCUT2D eigenvalue weighted by Crippen LogP contribution is 2.19. The summed E-state index contributed by atoms with van der Waals surface area (Å²) in [6.45, 7) is 11.9. The highest BCUT2D eigenvalue weighted by Gasteiger charge is 2.29. The first-order valence-electron chi connectivity index (χ1n) is 8.57. The van der Waals surface area contributed by atoms with Crippen LogP contribution in [0.1, 0.15) is 40.5 Å². The first kappa shape index (κ1) is 17.4. The summed E-state index contributed by atoms with van der Waals surface area (Å²) in [6, 6.07) is 0.694. The van der Waals surface area contributed by atoms with E-state index in [4.69, 9.17) is 0 Å². The zero-order chi connectivity index (χ0) is 16.3. The second-order valence-corrected chi connectivity index (χ2v) is 7.22. The minimum atomic E-state index is 0.165. The molecule has 0 aromatic carbocycles. The summed E-state index contributed by atoms with van der Waals surface area (Å²) in [5.74, 6) is 1.12. The van der Waals surface area contributed by atoms with Crippen LogP contribution in [0.15, 0.2) is 12.2 Å². The Morgan fingerprint density at radius 2 is 1.18 bits per heavy atom. The van der Waals surface area contributed by atoms with E-state index >= 15 is 0 Å². The molecule has 0 amide bonds. The second-order valence-electron chi connectivity index (χ2n) is 7.22. The molecule has 2 heterocycles. The third-order valence-corrected chi connectivity index (χ3v) is 5.20. The van der Waals surface area contributed by atoms with Gasteiger partial charge < -0.3 is 0 Å². The van der Waals surface area contributed by atoms with Crippen LogP contribution in [-0.2, 0) is 9.59 Å². The number of piperidine rings is 2. The van der Waals surface area contributed by atoms with Gasteiger partial charge in [-0.2, -0.15) is 0 Å². The summed E-state index contributed by atoms with van der Waals surface area (Å²) >= 11 is 0. The molecule has 4 heteroatoms. The fourth-order valence-electron chi connectivity index (χ4n) is 3.44. The van der Waals surface area contributed by atoms with Crippen molar-refractivity contribution >= 4 is 11.6 Å². The Labute approximate surface area is 134 Å². The largest absolute Gasteiger partial charge is 0.299 e. The van der Waals surface area contributed by atoms with Gasteiger partial charge in [0.25, 0.3) is 0 Å². The molecule has 0 radical (unpaired) electrons. The Morgan fingerprint density at radius 1 is 0.818 bits per heavy atom. The van der Waals surface area contributed by atoms with E-state index in [1.165, 1.54) is 0 Å². The Kier molecular flexibility index (Phi) is 5.93. The molecule has 0 bridgehead atoms. The minimum absolute atomic E-state index is 0.165. The predicted molar refractivity (Wildman–Crippen MR) is 88.8 cm³/mol. The number of likely N-dealkylation sites (tertiary alicyclic amines) is 2. The maximum atomic E-state index is 11.7. The lowest BCUT2D eigenvalue weighted by molar-refractivity contribution is -0.127. The van der Waals surface area contributed by atoms with Crippen LogP contribution in [-0.4, -0.2) is 59.6 Å². The monoisotopic (exact) mass is 306 g/mol. The van der Waals surface area contributed by atoms with Gasteiger partial charge in [-0.15, -0.1) is 0 Å². The van der Waals surface area contributed by atoms with Crippen LogP contribution >= 0.6 is 0 Å². The SMILES string of the molecule is C[C@@H]1CN(C/C=C/CN2C[C@H](C)C(=O)C[C@H]2C)[C@@H](C)CC1=O. The molecular formula is C18H30N2O2. The smallest absolute Gasteiger partial charge is 0.138 e. The highest BCUT2D eigenvalue weighted by atomic mass is 16.1. The van der Waals surface area contributed by atoms with E-state index < -0.39 is 0 Å². The predicted octanol–water partition coefficient (Wildman–Crippen LogP) is 2.14. The first-order valence-corrected chi connectivity index (χ1v) is 8.57. The van der Waals surface area contributed by atoms with Gasteiger partial charge in [0.1, 0.15) is 11.6 Å². The summed E-state index contributed by atoms with van der Waals surface area (Å²) in [5.41, 5.74) is 0. The molecule has 4 nitrogen and oxygen atoms in total. The van der Waals surface area contributed by atoms with Gasteiger partial charge in [-0.3, -0.25) is 19.4 Å². The zero-order valence-corrected chi connectivity index (χ0v) is 14.4. The molecule has 2 rings (SSSR count). The van der Waals surface area contributed by atoms with E-state index in [0.717, 1.165) is 26.2 Å². The van der Waals surface area contributed by atoms with Gasteiger partial charge in [-0.25, -0.2) is 0 Å². The van der Waals surface area contributed by atoms with Gasteiger partial charge in [0.05, 0.1) is 0 Å². The quantitative estimate of drug-likeness (QED) is 0.746. The molecule has 0 spiro atoms. The summed E-state index contributed by atoms with van der Waals surface area (Å²) < 4.78 is 0. The Hall–Kier alpha value is -1.00. The summed E-state index contributed by atoms with van der Waals surface area (Å²) in [6.07, 6.45) is 5.79. The van der Waals surface area contributed by atoms with Gasteiger partial charge in [0.15, 0.2) is 0 Å². The maximum absolute atomic E-state index is 11.7. The molecule has 2 saturated heterocycles. The van der Waals surface area contributed by atoms with Crippen LogP contribution in [0.25, 0.3) is 0 Å². The average Bonchev–Trinajstić information content (AvgIpc) is 2.45. The maximum Gasteiger partial charge on any atom is 0.138 e. The number of hydrogen-bond donors (Lipinski definition) is 0. The van der Waals surface area contributed by atoms with Gasteiger partial charge in [0, 0.05) is 62.9 Å². The lowest BCUT2D eigenvalue weighted by atomic mass is 9.93. The third kappa shape index (κ3) is 4.26. The van der Waals surface area contributed by atoms with Crippen LogP contribution in [0.2, 0.25) is 0 Å². The normalized spacial score (nSPS) is 35.5. The molecule has 124 valence electrons. The molecule has 4 atom stereocenters. The van der Waals surface area contributed by atoms with Gasteiger partial charge >= 0.3 is 0 Å². The number of carbonyl (C=O) groups excluding carboxylic acids is 2. The van der Waals surface area contributed by atoms with Crippen molar-refractivity contribution in [1.82, 2.24) is 9.80 Å². The van der Waals surface area contributed by atoms with E-state index in [2.05, 4.69) is 35.8 Å². The fourth-order valence-corrected chi connectivity index (χ4v) is 3.44. The number of carbonyl (C=O) groups is 2. The van der Waals surface area contributed by atoms with Crippen LogP contribution in [0.5, 0.6) is 0 Å². The first-order chi connectivity index (χ1) is 10.4. The van der Waals surface area contributed by atoms with E-state index in [9.17, 15) is 9.59 Å². The molecule has 0 saturated carbocycles. The van der Waals surface area contributed by atoms with E-state index in [0.29, 0.717) is 36.5 Å². The van der Waals surface area contributed by atoms with E-state index in [1.807, 2.05) is 13.8 Å². The van der Waals surface area contributed by atoms with Crippen LogP contribution < -0.4 is 0 Å². The van der Waals surface area contributed by atoms with Crippen LogP contribution in [0.3, 0.4) is 0 Å². The topological polar surface area (TPSA) is 40.6 Å². The molecule has 2 aliphatic rings. The summed E-state index contributed by atoms with van der Waals surface area (Å²) in [5, 5.41) is 0. The number of Topliss-reactive ketones (excluding diaryl/α,β-unsaturated/α-hetero) is 2. The Balaban J connectivity index is 1.78. The Morgan fingerprint density at radius 3 is 1.55 bits per heavy atom. The van der Waals surface area contributed by atoms with Crippen molar-refractivity contribution in [3.8, 4) is 0 Å². The minimum Gasteiger partial charge on any atom is -0.299 e. The van der Waals surface area contributed by atoms with Crippen molar-refractivity contribution in [2.24, 2.45) is 11.8 Å². The molecule has 0 N–H and O–H groups in total. The van der Waals surface area contributed by atoms with Crippen LogP contribution in [0, 0.1) is 11.8 Å². The number of hydrogen-bond acceptors (Lipinski definition) is 4. The summed E-state index contributed by atoms with van der Waals surface area (Å²) in [7, 11) is 0. The van der Waals surface area contributed by atoms with Crippen molar-refractivity contribution in [3.63, 3.8) is 0 Å². The standard InChI is InChI=1S/C18H30N2O2/c1-13-11-19(15(3)9-17(13)21)7-5-6-8-20-12-14(2)18(22)10-16(20)4/h5-6,13-16H,7-12H2,1-4H3/b6-5+/t13-,14+,15+,16-. The molecule has 0 aliphatic carbocycles. The molecular weight excluding hydrogens is 276 g/mol. The lowest BCUT2D eigenvalue weighted by Gasteiger charge is -2.36. The van der Waals surface area contributed by atoms with Gasteiger partial charge in [0.2, 0.25) is 0 Å². The second kappa shape index (κ2) is 7.51. The molecule has 22 heavy (non-hydrogen) atoms. The number of ketones is 2. The summed E-state index contributed by atoms with van der Waals surface area (Å²) in [4.78, 5) is 28.2. The van der Waals surface area contributed by atoms with Gasteiger partial charge in [-0.1, -0.05) is 26.0 Å². The number of nitrogens with zero attached hydrogens (tertiary/aromatic N) is 2. The fraction of sp³-hybridized carbons (Fsp3) is 0.778. The van der Waals surface area contributed by atoms with Crippen molar-refractivity contribution in [2.75, 3.05) is 26.2 Å². The van der Waals surface area contributed by atoms with Crippen molar-refractivity contribution in [3.05, 3.63) is 12.2 Å². The van der Waals surface area contributed by atoms with Gasteiger partial charge in [-0.05, 0) is 13.8 Å². The van der Waals surface area contributed by atoms with Crippen molar-refractivity contribution in [2.45, 2.75) is 52.6 Å². The van der Waals surface area contributed by atoms with Crippen molar-refractivity contribution < 1.29 is 9.59 Å². The molecule has 2 aliphatic heterocycles. The highest BCUT2D eigenvalue weighted by molar-refractivity contribution is 5.82. The van der Waals surface area contributed by atoms with Crippen molar-refractivity contribution in [1.29, 1.82) is 0 Å². The van der Waals surface area contributed by atoms with E-state index in [-0.39, 0.29) is 11.8 Å². The van der Waals surface area contributed by atoms with E-state index in [1.54, 1.807) is 0 Å². The average molecular weight is 306 g/mol. The Bertz CT molecular complexity index is 406. The number of rotatable bonds is 4. The molecule has 2 fully saturated rings. The third-order valence-electron chi connectivity index (χ3n) is 5.20. The molecule has 0 aromatic heterocycles.